The predicted octanol–water partition coefficient (Wildman–Crippen LogP) is -14.6. The van der Waals surface area contributed by atoms with Gasteiger partial charge in [-0.15, -0.1) is 0 Å². The zero-order valence-electron chi connectivity index (χ0n) is 18.9. The third-order valence-corrected chi connectivity index (χ3v) is 5.72. The molecule has 13 nitrogen and oxygen atoms in total. The predicted molar refractivity (Wildman–Crippen MR) is 95.9 cm³/mol. The summed E-state index contributed by atoms with van der Waals surface area (Å²) in [6.07, 6.45) is -0.146. The molecule has 2 aromatic rings. The van der Waals surface area contributed by atoms with Crippen LogP contribution >= 0.6 is 31.1 Å². The molecule has 0 atom stereocenters. The summed E-state index contributed by atoms with van der Waals surface area (Å²) in [7, 11) is -9.40. The normalized spacial score (nSPS) is 11.3. The van der Waals surface area contributed by atoms with Crippen molar-refractivity contribution in [2.45, 2.75) is 6.54 Å². The van der Waals surface area contributed by atoms with E-state index >= 15 is 0 Å². The second kappa shape index (κ2) is 19.2. The summed E-state index contributed by atoms with van der Waals surface area (Å²) in [5.74, 6) is -0.458. The Labute approximate surface area is 286 Å². The van der Waals surface area contributed by atoms with Crippen molar-refractivity contribution in [1.29, 1.82) is 0 Å². The molecule has 20 heteroatoms. The molecule has 164 valence electrons. The van der Waals surface area contributed by atoms with E-state index in [4.69, 9.17) is 9.47 Å². The van der Waals surface area contributed by atoms with Crippen LogP contribution in [0.3, 0.4) is 0 Å². The summed E-state index contributed by atoms with van der Waals surface area (Å²) in [5, 5.41) is 0. The van der Waals surface area contributed by atoms with Crippen molar-refractivity contribution in [2.75, 3.05) is 38.8 Å². The third-order valence-electron chi connectivity index (χ3n) is 3.66. The Morgan fingerprint density at radius 2 is 1.48 bits per heavy atom. The Balaban J connectivity index is -0.00000225. The minimum Gasteiger partial charge on any atom is -0.811 e. The number of ether oxygens (including phenoxy) is 2. The number of rotatable bonds is 12. The van der Waals surface area contributed by atoms with Crippen molar-refractivity contribution >= 4 is 42.3 Å². The van der Waals surface area contributed by atoms with E-state index in [9.17, 15) is 33.5 Å². The van der Waals surface area contributed by atoms with Crippen LogP contribution in [0.4, 0.5) is 0 Å². The van der Waals surface area contributed by atoms with Gasteiger partial charge in [-0.05, 0) is 28.3 Å². The molecule has 2 heterocycles. The second-order valence-corrected chi connectivity index (χ2v) is 10.1. The number of fused-ring (bicyclic) bond motifs is 1. The first-order chi connectivity index (χ1) is 13.5. The number of halogens is 1. The van der Waals surface area contributed by atoms with Gasteiger partial charge in [0.15, 0.2) is 15.9 Å². The maximum Gasteiger partial charge on any atom is 1.00 e. The number of imidazole rings is 1. The van der Waals surface area contributed by atoms with Crippen molar-refractivity contribution in [2.24, 2.45) is 5.92 Å². The number of H-pyrrole nitrogens is 1. The van der Waals surface area contributed by atoms with Gasteiger partial charge >= 0.3 is 118 Å². The average molecular weight is 607 g/mol. The van der Waals surface area contributed by atoms with Crippen LogP contribution in [0.5, 0.6) is 0 Å². The molecule has 1 N–H and O–H groups in total. The van der Waals surface area contributed by atoms with Crippen molar-refractivity contribution in [3.63, 3.8) is 0 Å². The van der Waals surface area contributed by atoms with E-state index < -0.39 is 39.0 Å². The zero-order chi connectivity index (χ0) is 21.7. The first kappa shape index (κ1) is 40.5. The molecule has 0 aliphatic rings. The maximum atomic E-state index is 11.8. The largest absolute Gasteiger partial charge is 1.00 e. The Morgan fingerprint density at radius 3 is 1.94 bits per heavy atom. The molecule has 0 fully saturated rings. The Bertz CT molecular complexity index is 956. The summed E-state index contributed by atoms with van der Waals surface area (Å²) in [6.45, 7) is -0.558. The van der Waals surface area contributed by atoms with E-state index in [0.29, 0.717) is 4.73 Å². The molecule has 0 aromatic carbocycles. The fraction of sp³-hybridized carbons (Fsp3) is 0.615. The first-order valence-electron chi connectivity index (χ1n) is 8.23. The number of nitrogens with zero attached hydrogens (tertiary/aromatic N) is 3. The van der Waals surface area contributed by atoms with Gasteiger partial charge in [-0.2, -0.15) is 0 Å². The van der Waals surface area contributed by atoms with Crippen LogP contribution in [0.25, 0.3) is 11.2 Å². The fourth-order valence-corrected chi connectivity index (χ4v) is 3.54. The number of aromatic nitrogens is 4. The number of nitrogens with one attached hydrogen (secondary N) is 1. The Kier molecular flexibility index (Phi) is 23.5. The van der Waals surface area contributed by atoms with Gasteiger partial charge in [0, 0.05) is 12.5 Å². The quantitative estimate of drug-likeness (QED) is 0.104. The molecule has 0 bridgehead atoms. The van der Waals surface area contributed by atoms with Gasteiger partial charge in [0.25, 0.3) is 5.56 Å². The van der Waals surface area contributed by atoms with Crippen LogP contribution in [-0.2, 0) is 25.1 Å². The molecule has 33 heavy (non-hydrogen) atoms. The number of aromatic amines is 1. The van der Waals surface area contributed by atoms with Crippen LogP contribution in [0, 0.1) is 5.92 Å². The average Bonchev–Trinajstić information content (AvgIpc) is 2.91. The summed E-state index contributed by atoms with van der Waals surface area (Å²) in [6, 6.07) is 0. The van der Waals surface area contributed by atoms with E-state index in [1.165, 1.54) is 6.33 Å². The topological polar surface area (TPSA) is 208 Å². The standard InChI is InChI=1S/C13H21BrN4O9P2.4Na/c14-13-17-10-11(15-8-16-12(10)19)18(13)5-9(6-26-1-3-28(20,21)22)7-27-2-4-29(23,24)25;;;;/h8-9H,1-7H2,(H,15,16,19)(H2,20,21,22)(H2,23,24,25);;;;/q;4*+1/p-4. The molecule has 0 aliphatic heterocycles. The molecule has 0 spiro atoms. The molecule has 0 aliphatic carbocycles. The monoisotopic (exact) mass is 606 g/mol. The molecule has 0 saturated heterocycles. The Hall–Kier alpha value is 3.05. The van der Waals surface area contributed by atoms with Gasteiger partial charge in [0.05, 0.1) is 32.8 Å². The van der Waals surface area contributed by atoms with Gasteiger partial charge in [-0.25, -0.2) is 9.97 Å². The molecule has 0 saturated carbocycles. The van der Waals surface area contributed by atoms with Gasteiger partial charge in [-0.1, -0.05) is 15.2 Å². The molecular weight excluding hydrogens is 590 g/mol. The van der Waals surface area contributed by atoms with Gasteiger partial charge < -0.3 is 47.7 Å². The van der Waals surface area contributed by atoms with Gasteiger partial charge in [0.1, 0.15) is 0 Å². The SMILES string of the molecule is O=c1[nH]cnc2c1nc(Br)n2CC(COCCP(=O)([O-])[O-])COCCP(=O)([O-])[O-].[Na+].[Na+].[Na+].[Na+]. The minimum atomic E-state index is -4.70. The second-order valence-electron chi connectivity index (χ2n) is 6.08. The van der Waals surface area contributed by atoms with E-state index in [1.807, 2.05) is 0 Å². The Morgan fingerprint density at radius 1 is 1.00 bits per heavy atom. The van der Waals surface area contributed by atoms with E-state index in [-0.39, 0.29) is 162 Å². The van der Waals surface area contributed by atoms with Crippen LogP contribution in [0.15, 0.2) is 15.9 Å². The van der Waals surface area contributed by atoms with E-state index in [0.717, 1.165) is 0 Å². The summed E-state index contributed by atoms with van der Waals surface area (Å²) >= 11 is 3.23. The maximum absolute atomic E-state index is 11.8. The van der Waals surface area contributed by atoms with Crippen LogP contribution < -0.4 is 143 Å². The zero-order valence-corrected chi connectivity index (χ0v) is 30.3. The summed E-state index contributed by atoms with van der Waals surface area (Å²) in [5.41, 5.74) is -0.0723. The van der Waals surface area contributed by atoms with Gasteiger partial charge in [0.2, 0.25) is 0 Å². The van der Waals surface area contributed by atoms with E-state index in [2.05, 4.69) is 30.9 Å². The molecular formula is C13H17BrN4Na4O9P2. The molecule has 0 unspecified atom stereocenters. The van der Waals surface area contributed by atoms with Crippen LogP contribution in [-0.4, -0.2) is 58.3 Å². The summed E-state index contributed by atoms with van der Waals surface area (Å²) in [4.78, 5) is 65.1. The number of hydrogen-bond acceptors (Lipinski definition) is 11. The first-order valence-corrected chi connectivity index (χ1v) is 12.5. The molecule has 2 rings (SSSR count). The van der Waals surface area contributed by atoms with Crippen molar-refractivity contribution in [1.82, 2.24) is 19.5 Å². The van der Waals surface area contributed by atoms with Crippen LogP contribution in [0.1, 0.15) is 0 Å². The smallest absolute Gasteiger partial charge is 0.811 e. The molecule has 0 radical (unpaired) electrons. The minimum absolute atomic E-state index is 0. The van der Waals surface area contributed by atoms with E-state index in [1.54, 1.807) is 4.57 Å². The molecule has 2 aromatic heterocycles. The van der Waals surface area contributed by atoms with Gasteiger partial charge in [-0.3, -0.25) is 4.79 Å². The van der Waals surface area contributed by atoms with Crippen molar-refractivity contribution in [3.05, 3.63) is 21.4 Å². The third kappa shape index (κ3) is 15.9. The van der Waals surface area contributed by atoms with Crippen molar-refractivity contribution in [3.8, 4) is 0 Å². The van der Waals surface area contributed by atoms with Crippen LogP contribution in [0.2, 0.25) is 0 Å². The fourth-order valence-electron chi connectivity index (χ4n) is 2.35. The summed E-state index contributed by atoms with van der Waals surface area (Å²) < 4.78 is 33.7. The van der Waals surface area contributed by atoms with Crippen molar-refractivity contribution < 1.29 is 156 Å². The number of hydrogen-bond donors (Lipinski definition) is 1. The molecule has 0 amide bonds.